The summed E-state index contributed by atoms with van der Waals surface area (Å²) in [5.74, 6) is -0.438. The van der Waals surface area contributed by atoms with Crippen LogP contribution in [0.4, 0.5) is 0 Å². The molecule has 0 aliphatic carbocycles. The van der Waals surface area contributed by atoms with Crippen molar-refractivity contribution in [2.75, 3.05) is 20.3 Å². The van der Waals surface area contributed by atoms with Crippen molar-refractivity contribution in [3.8, 4) is 0 Å². The number of esters is 1. The smallest absolute Gasteiger partial charge is 0.311 e. The lowest BCUT2D eigenvalue weighted by Crippen LogP contribution is -2.29. The maximum atomic E-state index is 11.8. The van der Waals surface area contributed by atoms with Crippen LogP contribution >= 0.6 is 0 Å². The number of ketones is 1. The minimum absolute atomic E-state index is 0.0108. The van der Waals surface area contributed by atoms with Gasteiger partial charge in [0, 0.05) is 13.5 Å². The number of carbonyl (C=O) groups excluding carboxylic acids is 2. The molecule has 0 aromatic heterocycles. The van der Waals surface area contributed by atoms with Gasteiger partial charge in [0.1, 0.15) is 5.78 Å². The highest BCUT2D eigenvalue weighted by Gasteiger charge is 2.27. The molecule has 0 aromatic carbocycles. The van der Waals surface area contributed by atoms with Gasteiger partial charge in [0.2, 0.25) is 0 Å². The van der Waals surface area contributed by atoms with Crippen molar-refractivity contribution < 1.29 is 19.1 Å². The predicted molar refractivity (Wildman–Crippen MR) is 70.2 cm³/mol. The first kappa shape index (κ1) is 16.8. The summed E-state index contributed by atoms with van der Waals surface area (Å²) in [6.07, 6.45) is 3.79. The van der Waals surface area contributed by atoms with E-state index in [9.17, 15) is 9.59 Å². The van der Waals surface area contributed by atoms with Crippen molar-refractivity contribution >= 4 is 11.8 Å². The van der Waals surface area contributed by atoms with Crippen LogP contribution in [-0.4, -0.2) is 32.1 Å². The average Bonchev–Trinajstić information content (AvgIpc) is 2.32. The van der Waals surface area contributed by atoms with Crippen LogP contribution in [0.25, 0.3) is 0 Å². The number of ether oxygens (including phenoxy) is 2. The Morgan fingerprint density at radius 1 is 1.39 bits per heavy atom. The maximum Gasteiger partial charge on any atom is 0.311 e. The van der Waals surface area contributed by atoms with E-state index in [1.807, 2.05) is 0 Å². The molecule has 0 amide bonds. The molecule has 0 aromatic rings. The molecule has 104 valence electrons. The van der Waals surface area contributed by atoms with Gasteiger partial charge < -0.3 is 14.3 Å². The highest BCUT2D eigenvalue weighted by Crippen LogP contribution is 2.22. The first-order valence-corrected chi connectivity index (χ1v) is 6.34. The van der Waals surface area contributed by atoms with Crippen LogP contribution in [-0.2, 0) is 19.1 Å². The number of Topliss-reactive ketones (excluding diaryl/α,β-unsaturated/α-hetero) is 1. The largest absolute Gasteiger partial charge is 0.466 e. The van der Waals surface area contributed by atoms with Gasteiger partial charge in [-0.05, 0) is 32.6 Å². The molecule has 0 aliphatic heterocycles. The van der Waals surface area contributed by atoms with E-state index in [4.69, 9.17) is 9.47 Å². The summed E-state index contributed by atoms with van der Waals surface area (Å²) < 4.78 is 10.1. The molecule has 0 radical (unpaired) electrons. The minimum atomic E-state index is -0.334. The third kappa shape index (κ3) is 6.55. The second-order valence-corrected chi connectivity index (χ2v) is 4.31. The van der Waals surface area contributed by atoms with Gasteiger partial charge in [0.25, 0.3) is 0 Å². The minimum Gasteiger partial charge on any atom is -0.466 e. The van der Waals surface area contributed by atoms with Crippen LogP contribution in [0.15, 0.2) is 12.7 Å². The third-order valence-corrected chi connectivity index (χ3v) is 2.82. The molecular weight excluding hydrogens is 232 g/mol. The standard InChI is InChI=1S/C14H24O4/c1-5-12(9-7-8-11(3)15)13(10-17-4)14(16)18-6-2/h5,12-13H,1,6-10H2,2-4H3. The van der Waals surface area contributed by atoms with Crippen molar-refractivity contribution in [1.82, 2.24) is 0 Å². The van der Waals surface area contributed by atoms with Crippen molar-refractivity contribution in [2.24, 2.45) is 11.8 Å². The fourth-order valence-electron chi connectivity index (χ4n) is 1.87. The van der Waals surface area contributed by atoms with Crippen LogP contribution in [0, 0.1) is 11.8 Å². The first-order valence-electron chi connectivity index (χ1n) is 6.34. The first-order chi connectivity index (χ1) is 8.56. The molecule has 18 heavy (non-hydrogen) atoms. The maximum absolute atomic E-state index is 11.8. The van der Waals surface area contributed by atoms with Crippen LogP contribution in [0.5, 0.6) is 0 Å². The van der Waals surface area contributed by atoms with E-state index in [1.165, 1.54) is 0 Å². The Labute approximate surface area is 109 Å². The molecule has 0 fully saturated rings. The van der Waals surface area contributed by atoms with Crippen molar-refractivity contribution in [1.29, 1.82) is 0 Å². The fraction of sp³-hybridized carbons (Fsp3) is 0.714. The zero-order chi connectivity index (χ0) is 14.0. The van der Waals surface area contributed by atoms with Crippen molar-refractivity contribution in [3.63, 3.8) is 0 Å². The van der Waals surface area contributed by atoms with Crippen LogP contribution in [0.2, 0.25) is 0 Å². The van der Waals surface area contributed by atoms with Gasteiger partial charge in [-0.2, -0.15) is 0 Å². The summed E-state index contributed by atoms with van der Waals surface area (Å²) in [5.41, 5.74) is 0. The van der Waals surface area contributed by atoms with Gasteiger partial charge in [-0.3, -0.25) is 4.79 Å². The number of methoxy groups -OCH3 is 1. The van der Waals surface area contributed by atoms with E-state index < -0.39 is 0 Å². The lowest BCUT2D eigenvalue weighted by atomic mass is 9.88. The normalized spacial score (nSPS) is 13.7. The summed E-state index contributed by atoms with van der Waals surface area (Å²) in [7, 11) is 1.56. The Balaban J connectivity index is 4.45. The van der Waals surface area contributed by atoms with E-state index in [0.29, 0.717) is 19.6 Å². The predicted octanol–water partition coefficient (Wildman–Crippen LogP) is 2.37. The topological polar surface area (TPSA) is 52.6 Å². The van der Waals surface area contributed by atoms with E-state index in [1.54, 1.807) is 27.0 Å². The van der Waals surface area contributed by atoms with Crippen molar-refractivity contribution in [3.05, 3.63) is 12.7 Å². The Kier molecular flexibility index (Phi) is 9.19. The Hall–Kier alpha value is -1.16. The quantitative estimate of drug-likeness (QED) is 0.445. The number of allylic oxidation sites excluding steroid dienone is 1. The van der Waals surface area contributed by atoms with E-state index in [-0.39, 0.29) is 23.6 Å². The van der Waals surface area contributed by atoms with Crippen LogP contribution in [0.3, 0.4) is 0 Å². The Morgan fingerprint density at radius 2 is 2.06 bits per heavy atom. The molecular formula is C14H24O4. The van der Waals surface area contributed by atoms with Crippen LogP contribution in [0.1, 0.15) is 33.1 Å². The molecule has 2 unspecified atom stereocenters. The van der Waals surface area contributed by atoms with Gasteiger partial charge in [0.05, 0.1) is 19.1 Å². The molecule has 0 bridgehead atoms. The van der Waals surface area contributed by atoms with Gasteiger partial charge >= 0.3 is 5.97 Å². The second-order valence-electron chi connectivity index (χ2n) is 4.31. The van der Waals surface area contributed by atoms with Gasteiger partial charge in [-0.15, -0.1) is 6.58 Å². The summed E-state index contributed by atoms with van der Waals surface area (Å²) in [6.45, 7) is 7.78. The zero-order valence-electron chi connectivity index (χ0n) is 11.6. The van der Waals surface area contributed by atoms with E-state index in [2.05, 4.69) is 6.58 Å². The number of hydrogen-bond donors (Lipinski definition) is 0. The molecule has 4 nitrogen and oxygen atoms in total. The summed E-state index contributed by atoms with van der Waals surface area (Å²) in [6, 6.07) is 0. The number of hydrogen-bond acceptors (Lipinski definition) is 4. The van der Waals surface area contributed by atoms with E-state index >= 15 is 0 Å². The summed E-state index contributed by atoms with van der Waals surface area (Å²) in [5, 5.41) is 0. The summed E-state index contributed by atoms with van der Waals surface area (Å²) in [4.78, 5) is 22.7. The molecule has 0 saturated carbocycles. The fourth-order valence-corrected chi connectivity index (χ4v) is 1.87. The van der Waals surface area contributed by atoms with Crippen molar-refractivity contribution in [2.45, 2.75) is 33.1 Å². The highest BCUT2D eigenvalue weighted by atomic mass is 16.5. The molecule has 0 rings (SSSR count). The Morgan fingerprint density at radius 3 is 2.50 bits per heavy atom. The molecule has 0 saturated heterocycles. The molecule has 0 heterocycles. The lowest BCUT2D eigenvalue weighted by Gasteiger charge is -2.22. The van der Waals surface area contributed by atoms with Gasteiger partial charge in [0.15, 0.2) is 0 Å². The summed E-state index contributed by atoms with van der Waals surface area (Å²) >= 11 is 0. The Bertz CT molecular complexity index is 273. The molecule has 0 aliphatic rings. The molecule has 2 atom stereocenters. The third-order valence-electron chi connectivity index (χ3n) is 2.82. The average molecular weight is 256 g/mol. The zero-order valence-corrected chi connectivity index (χ0v) is 11.6. The highest BCUT2D eigenvalue weighted by molar-refractivity contribution is 5.75. The van der Waals surface area contributed by atoms with Crippen LogP contribution < -0.4 is 0 Å². The number of carbonyl (C=O) groups is 2. The second kappa shape index (κ2) is 9.83. The molecule has 0 N–H and O–H groups in total. The molecule has 4 heteroatoms. The van der Waals surface area contributed by atoms with Gasteiger partial charge in [-0.1, -0.05) is 6.08 Å². The lowest BCUT2D eigenvalue weighted by molar-refractivity contribution is -0.151. The monoisotopic (exact) mass is 256 g/mol. The van der Waals surface area contributed by atoms with Gasteiger partial charge in [-0.25, -0.2) is 0 Å². The molecule has 0 spiro atoms. The number of rotatable bonds is 10. The SMILES string of the molecule is C=CC(CCCC(C)=O)C(COC)C(=O)OCC. The van der Waals surface area contributed by atoms with E-state index in [0.717, 1.165) is 12.8 Å².